The number of carbonyl (C=O) groups is 1. The zero-order valence-corrected chi connectivity index (χ0v) is 15.9. The van der Waals surface area contributed by atoms with Crippen LogP contribution in [-0.4, -0.2) is 50.8 Å². The number of hydrogen-bond donors (Lipinski definition) is 0. The summed E-state index contributed by atoms with van der Waals surface area (Å²) in [6.07, 6.45) is -5.34. The van der Waals surface area contributed by atoms with Crippen molar-refractivity contribution in [1.82, 2.24) is 4.90 Å². The third kappa shape index (κ3) is 2.77. The summed E-state index contributed by atoms with van der Waals surface area (Å²) >= 11 is 6.70. The Hall–Kier alpha value is -0.0200. The standard InChI is InChI=1S/C13H18Br2F3NO3/c1-9(2,3)22-8(20)19-7-11(21-4,13(16,17)18)5-10(19)6-12(10,14)15/h5-7H2,1-4H3. The number of nitrogens with zero attached hydrogens (tertiary/aromatic N) is 1. The summed E-state index contributed by atoms with van der Waals surface area (Å²) in [6.45, 7) is 4.43. The second-order valence-electron chi connectivity index (χ2n) is 6.85. The van der Waals surface area contributed by atoms with E-state index in [9.17, 15) is 18.0 Å². The monoisotopic (exact) mass is 451 g/mol. The minimum Gasteiger partial charge on any atom is -0.444 e. The maximum atomic E-state index is 13.5. The maximum Gasteiger partial charge on any atom is 0.419 e. The van der Waals surface area contributed by atoms with E-state index >= 15 is 0 Å². The van der Waals surface area contributed by atoms with Gasteiger partial charge in [0.05, 0.1) is 12.1 Å². The van der Waals surface area contributed by atoms with Gasteiger partial charge in [-0.25, -0.2) is 4.79 Å². The van der Waals surface area contributed by atoms with E-state index in [0.29, 0.717) is 6.42 Å². The van der Waals surface area contributed by atoms with E-state index in [-0.39, 0.29) is 6.42 Å². The van der Waals surface area contributed by atoms with Crippen LogP contribution in [0, 0.1) is 0 Å². The van der Waals surface area contributed by atoms with Crippen molar-refractivity contribution < 1.29 is 27.4 Å². The van der Waals surface area contributed by atoms with Crippen molar-refractivity contribution >= 4 is 38.0 Å². The highest BCUT2D eigenvalue weighted by molar-refractivity contribution is 9.25. The summed E-state index contributed by atoms with van der Waals surface area (Å²) in [7, 11) is 1.02. The van der Waals surface area contributed by atoms with Crippen molar-refractivity contribution in [2.45, 2.75) is 59.8 Å². The summed E-state index contributed by atoms with van der Waals surface area (Å²) in [5.74, 6) is 0. The first-order valence-electron chi connectivity index (χ1n) is 6.70. The average Bonchev–Trinajstić information content (AvgIpc) is 2.65. The van der Waals surface area contributed by atoms with Crippen molar-refractivity contribution in [3.8, 4) is 0 Å². The van der Waals surface area contributed by atoms with Gasteiger partial charge < -0.3 is 9.47 Å². The van der Waals surface area contributed by atoms with Crippen LogP contribution in [0.3, 0.4) is 0 Å². The van der Waals surface area contributed by atoms with Gasteiger partial charge >= 0.3 is 12.3 Å². The van der Waals surface area contributed by atoms with Crippen LogP contribution in [0.2, 0.25) is 0 Å². The number of alkyl halides is 5. The third-order valence-corrected chi connectivity index (χ3v) is 6.14. The Morgan fingerprint density at radius 2 is 1.68 bits per heavy atom. The van der Waals surface area contributed by atoms with Crippen molar-refractivity contribution in [3.63, 3.8) is 0 Å². The van der Waals surface area contributed by atoms with Crippen LogP contribution in [0.25, 0.3) is 0 Å². The number of methoxy groups -OCH3 is 1. The van der Waals surface area contributed by atoms with Gasteiger partial charge in [-0.3, -0.25) is 4.90 Å². The molecule has 0 bridgehead atoms. The number of amides is 1. The predicted octanol–water partition coefficient (Wildman–Crippen LogP) is 4.20. The summed E-state index contributed by atoms with van der Waals surface area (Å²) in [4.78, 5) is 13.5. The first-order chi connectivity index (χ1) is 9.70. The number of likely N-dealkylation sites (tertiary alicyclic amines) is 1. The zero-order valence-electron chi connectivity index (χ0n) is 12.7. The second-order valence-corrected chi connectivity index (χ2v) is 10.6. The van der Waals surface area contributed by atoms with Gasteiger partial charge in [0.1, 0.15) is 8.83 Å². The van der Waals surface area contributed by atoms with E-state index in [4.69, 9.17) is 9.47 Å². The van der Waals surface area contributed by atoms with E-state index in [2.05, 4.69) is 31.9 Å². The number of halogens is 5. The van der Waals surface area contributed by atoms with Gasteiger partial charge in [-0.1, -0.05) is 31.9 Å². The summed E-state index contributed by atoms with van der Waals surface area (Å²) in [5, 5.41) is 0. The highest BCUT2D eigenvalue weighted by atomic mass is 79.9. The molecular weight excluding hydrogens is 435 g/mol. The Morgan fingerprint density at radius 1 is 1.18 bits per heavy atom. The molecule has 1 saturated carbocycles. The fourth-order valence-corrected chi connectivity index (χ4v) is 4.47. The molecule has 22 heavy (non-hydrogen) atoms. The number of hydrogen-bond acceptors (Lipinski definition) is 3. The molecule has 2 aliphatic rings. The van der Waals surface area contributed by atoms with Crippen LogP contribution in [0.4, 0.5) is 18.0 Å². The number of carbonyl (C=O) groups excluding carboxylic acids is 1. The lowest BCUT2D eigenvalue weighted by molar-refractivity contribution is -0.263. The van der Waals surface area contributed by atoms with Gasteiger partial charge in [-0.15, -0.1) is 0 Å². The number of ether oxygens (including phenoxy) is 2. The molecule has 2 fully saturated rings. The SMILES string of the molecule is COC1(C(F)(F)F)CN(C(=O)OC(C)(C)C)C2(CC2(Br)Br)C1. The minimum atomic E-state index is -4.58. The van der Waals surface area contributed by atoms with Crippen LogP contribution >= 0.6 is 31.9 Å². The molecule has 128 valence electrons. The Labute approximate surface area is 143 Å². The van der Waals surface area contributed by atoms with Crippen molar-refractivity contribution in [1.29, 1.82) is 0 Å². The van der Waals surface area contributed by atoms with E-state index < -0.39 is 38.8 Å². The molecule has 2 atom stereocenters. The van der Waals surface area contributed by atoms with Crippen LogP contribution < -0.4 is 0 Å². The Bertz CT molecular complexity index is 492. The van der Waals surface area contributed by atoms with Gasteiger partial charge in [-0.2, -0.15) is 13.2 Å². The van der Waals surface area contributed by atoms with Gasteiger partial charge in [0.25, 0.3) is 0 Å². The first-order valence-corrected chi connectivity index (χ1v) is 8.29. The van der Waals surface area contributed by atoms with Crippen molar-refractivity contribution in [2.75, 3.05) is 13.7 Å². The highest BCUT2D eigenvalue weighted by Gasteiger charge is 2.80. The van der Waals surface area contributed by atoms with Gasteiger partial charge in [-0.05, 0) is 20.8 Å². The topological polar surface area (TPSA) is 38.8 Å². The van der Waals surface area contributed by atoms with Crippen molar-refractivity contribution in [3.05, 3.63) is 0 Å². The Balaban J connectivity index is 2.35. The van der Waals surface area contributed by atoms with Crippen molar-refractivity contribution in [2.24, 2.45) is 0 Å². The van der Waals surface area contributed by atoms with E-state index in [0.717, 1.165) is 12.0 Å². The third-order valence-electron chi connectivity index (χ3n) is 4.10. The molecule has 0 aromatic rings. The zero-order chi connectivity index (χ0) is 17.2. The predicted molar refractivity (Wildman–Crippen MR) is 81.3 cm³/mol. The van der Waals surface area contributed by atoms with Gasteiger partial charge in [0.2, 0.25) is 0 Å². The van der Waals surface area contributed by atoms with Crippen LogP contribution in [0.5, 0.6) is 0 Å². The lowest BCUT2D eigenvalue weighted by Crippen LogP contribution is -2.50. The Morgan fingerprint density at radius 3 is 2.00 bits per heavy atom. The fraction of sp³-hybridized carbons (Fsp3) is 0.923. The molecule has 1 amide bonds. The van der Waals surface area contributed by atoms with Crippen LogP contribution in [0.15, 0.2) is 0 Å². The first kappa shape index (κ1) is 18.3. The average molecular weight is 453 g/mol. The second kappa shape index (κ2) is 4.99. The smallest absolute Gasteiger partial charge is 0.419 e. The van der Waals surface area contributed by atoms with E-state index in [1.807, 2.05) is 0 Å². The molecule has 1 saturated heterocycles. The number of rotatable bonds is 1. The van der Waals surface area contributed by atoms with E-state index in [1.165, 1.54) is 0 Å². The molecule has 1 heterocycles. The lowest BCUT2D eigenvalue weighted by Gasteiger charge is -2.31. The highest BCUT2D eigenvalue weighted by Crippen LogP contribution is 2.70. The Kier molecular flexibility index (Phi) is 4.15. The molecule has 0 aromatic heterocycles. The fourth-order valence-electron chi connectivity index (χ4n) is 2.84. The van der Waals surface area contributed by atoms with Crippen LogP contribution in [0.1, 0.15) is 33.6 Å². The van der Waals surface area contributed by atoms with Gasteiger partial charge in [0.15, 0.2) is 5.60 Å². The summed E-state index contributed by atoms with van der Waals surface area (Å²) in [6, 6.07) is 0. The normalized spacial score (nSPS) is 34.1. The molecule has 2 rings (SSSR count). The minimum absolute atomic E-state index is 0.338. The molecule has 9 heteroatoms. The molecule has 1 aliphatic heterocycles. The molecule has 0 radical (unpaired) electrons. The molecule has 2 unspecified atom stereocenters. The molecule has 1 spiro atoms. The quantitative estimate of drug-likeness (QED) is 0.559. The summed E-state index contributed by atoms with van der Waals surface area (Å²) < 4.78 is 49.8. The lowest BCUT2D eigenvalue weighted by atomic mass is 9.98. The molecule has 4 nitrogen and oxygen atoms in total. The molecule has 0 N–H and O–H groups in total. The maximum absolute atomic E-state index is 13.5. The van der Waals surface area contributed by atoms with Gasteiger partial charge in [0, 0.05) is 20.0 Å². The van der Waals surface area contributed by atoms with E-state index in [1.54, 1.807) is 20.8 Å². The molecule has 1 aliphatic carbocycles. The van der Waals surface area contributed by atoms with Crippen LogP contribution in [-0.2, 0) is 9.47 Å². The molecule has 0 aromatic carbocycles. The largest absolute Gasteiger partial charge is 0.444 e. The summed E-state index contributed by atoms with van der Waals surface area (Å²) in [5.41, 5.74) is -4.18. The molecular formula is C13H18Br2F3NO3.